The molecular weight excluding hydrogens is 244 g/mol. The molecule has 2 aromatic heterocycles. The van der Waals surface area contributed by atoms with Crippen LogP contribution in [-0.2, 0) is 12.4 Å². The molecule has 4 nitrogen and oxygen atoms in total. The fourth-order valence-electron chi connectivity index (χ4n) is 1.28. The lowest BCUT2D eigenvalue weighted by molar-refractivity contribution is 0.860. The van der Waals surface area contributed by atoms with Gasteiger partial charge in [0, 0.05) is 18.6 Å². The van der Waals surface area contributed by atoms with E-state index in [-0.39, 0.29) is 0 Å². The first-order valence-corrected chi connectivity index (χ1v) is 6.22. The molecule has 0 bridgehead atoms. The maximum absolute atomic E-state index is 5.71. The topological polar surface area (TPSA) is 41.9 Å². The van der Waals surface area contributed by atoms with E-state index in [4.69, 9.17) is 11.6 Å². The Morgan fingerprint density at radius 1 is 1.38 bits per heavy atom. The van der Waals surface area contributed by atoms with E-state index in [1.165, 1.54) is 0 Å². The van der Waals surface area contributed by atoms with Gasteiger partial charge in [0.05, 0.1) is 35.5 Å². The highest BCUT2D eigenvalue weighted by atomic mass is 35.5. The summed E-state index contributed by atoms with van der Waals surface area (Å²) in [5.41, 5.74) is 3.64. The van der Waals surface area contributed by atoms with E-state index in [2.05, 4.69) is 15.0 Å². The molecule has 6 heteroatoms. The average Bonchev–Trinajstić information content (AvgIpc) is 2.82. The van der Waals surface area contributed by atoms with Crippen LogP contribution < -0.4 is 4.90 Å². The first-order valence-electron chi connectivity index (χ1n) is 4.74. The predicted octanol–water partition coefficient (Wildman–Crippen LogP) is 2.31. The molecule has 2 rings (SSSR count). The van der Waals surface area contributed by atoms with Crippen LogP contribution in [-0.4, -0.2) is 22.0 Å². The second-order valence-corrected chi connectivity index (χ2v) is 4.32. The van der Waals surface area contributed by atoms with E-state index >= 15 is 0 Å². The number of aromatic nitrogens is 3. The average molecular weight is 255 g/mol. The number of hydrogen-bond acceptors (Lipinski definition) is 5. The molecule has 0 spiro atoms. The smallest absolute Gasteiger partial charge is 0.147 e. The molecule has 0 fully saturated rings. The molecule has 2 aromatic rings. The van der Waals surface area contributed by atoms with Crippen molar-refractivity contribution in [1.82, 2.24) is 15.0 Å². The van der Waals surface area contributed by atoms with Crippen molar-refractivity contribution in [3.8, 4) is 0 Å². The molecule has 0 unspecified atom stereocenters. The van der Waals surface area contributed by atoms with Crippen molar-refractivity contribution in [3.63, 3.8) is 0 Å². The monoisotopic (exact) mass is 254 g/mol. The van der Waals surface area contributed by atoms with Gasteiger partial charge in [-0.25, -0.2) is 9.97 Å². The summed E-state index contributed by atoms with van der Waals surface area (Å²) in [7, 11) is 1.96. The molecule has 0 aliphatic heterocycles. The van der Waals surface area contributed by atoms with Crippen molar-refractivity contribution in [3.05, 3.63) is 34.7 Å². The summed E-state index contributed by atoms with van der Waals surface area (Å²) in [6.07, 6.45) is 3.40. The van der Waals surface area contributed by atoms with Gasteiger partial charge in [-0.15, -0.1) is 22.9 Å². The van der Waals surface area contributed by atoms with Crippen LogP contribution in [0.2, 0.25) is 0 Å². The lowest BCUT2D eigenvalue weighted by atomic mass is 10.4. The Bertz CT molecular complexity index is 446. The van der Waals surface area contributed by atoms with Gasteiger partial charge in [-0.2, -0.15) is 0 Å². The van der Waals surface area contributed by atoms with E-state index in [9.17, 15) is 0 Å². The summed E-state index contributed by atoms with van der Waals surface area (Å²) in [4.78, 5) is 14.7. The van der Waals surface area contributed by atoms with Gasteiger partial charge in [0.2, 0.25) is 0 Å². The highest BCUT2D eigenvalue weighted by Gasteiger charge is 2.06. The molecule has 84 valence electrons. The number of nitrogens with zero attached hydrogens (tertiary/aromatic N) is 4. The number of alkyl halides is 1. The van der Waals surface area contributed by atoms with E-state index in [1.54, 1.807) is 23.7 Å². The van der Waals surface area contributed by atoms with Gasteiger partial charge in [0.1, 0.15) is 5.82 Å². The quantitative estimate of drug-likeness (QED) is 0.786. The number of anilines is 1. The number of hydrogen-bond donors (Lipinski definition) is 0. The third kappa shape index (κ3) is 2.68. The zero-order chi connectivity index (χ0) is 11.4. The minimum absolute atomic E-state index is 0.380. The van der Waals surface area contributed by atoms with Crippen molar-refractivity contribution < 1.29 is 0 Å². The highest BCUT2D eigenvalue weighted by Crippen LogP contribution is 2.12. The largest absolute Gasteiger partial charge is 0.352 e. The summed E-state index contributed by atoms with van der Waals surface area (Å²) >= 11 is 7.30. The van der Waals surface area contributed by atoms with Gasteiger partial charge >= 0.3 is 0 Å². The Morgan fingerprint density at radius 2 is 2.25 bits per heavy atom. The van der Waals surface area contributed by atoms with E-state index in [0.717, 1.165) is 23.8 Å². The van der Waals surface area contributed by atoms with Crippen molar-refractivity contribution in [2.75, 3.05) is 11.9 Å². The van der Waals surface area contributed by atoms with Gasteiger partial charge in [0.25, 0.3) is 0 Å². The number of rotatable bonds is 4. The van der Waals surface area contributed by atoms with E-state index in [1.807, 2.05) is 22.8 Å². The molecule has 0 radical (unpaired) electrons. The zero-order valence-electron chi connectivity index (χ0n) is 8.80. The van der Waals surface area contributed by atoms with Crippen molar-refractivity contribution in [2.45, 2.75) is 12.4 Å². The van der Waals surface area contributed by atoms with Gasteiger partial charge in [-0.05, 0) is 0 Å². The maximum atomic E-state index is 5.71. The van der Waals surface area contributed by atoms with Crippen LogP contribution in [0.15, 0.2) is 23.3 Å². The first kappa shape index (κ1) is 11.3. The van der Waals surface area contributed by atoms with E-state index < -0.39 is 0 Å². The minimum Gasteiger partial charge on any atom is -0.352 e. The molecule has 0 aliphatic carbocycles. The van der Waals surface area contributed by atoms with Gasteiger partial charge in [-0.1, -0.05) is 0 Å². The molecule has 0 aromatic carbocycles. The normalized spacial score (nSPS) is 10.4. The van der Waals surface area contributed by atoms with Crippen LogP contribution in [0.1, 0.15) is 11.4 Å². The maximum Gasteiger partial charge on any atom is 0.147 e. The fraction of sp³-hybridized carbons (Fsp3) is 0.300. The van der Waals surface area contributed by atoms with E-state index in [0.29, 0.717) is 5.88 Å². The number of halogens is 1. The Kier molecular flexibility index (Phi) is 3.69. The van der Waals surface area contributed by atoms with Crippen LogP contribution in [0.5, 0.6) is 0 Å². The third-order valence-corrected chi connectivity index (χ3v) is 2.99. The van der Waals surface area contributed by atoms with Crippen LogP contribution in [0.4, 0.5) is 5.82 Å². The fourth-order valence-corrected chi connectivity index (χ4v) is 1.96. The minimum atomic E-state index is 0.380. The van der Waals surface area contributed by atoms with Gasteiger partial charge in [0.15, 0.2) is 0 Å². The summed E-state index contributed by atoms with van der Waals surface area (Å²) < 4.78 is 0. The zero-order valence-corrected chi connectivity index (χ0v) is 10.4. The molecular formula is C10H11ClN4S. The molecule has 2 heterocycles. The van der Waals surface area contributed by atoms with Crippen LogP contribution >= 0.6 is 22.9 Å². The first-order chi connectivity index (χ1) is 7.79. The van der Waals surface area contributed by atoms with Gasteiger partial charge in [-0.3, -0.25) is 4.98 Å². The summed E-state index contributed by atoms with van der Waals surface area (Å²) in [5.74, 6) is 1.19. The molecule has 0 aliphatic rings. The summed E-state index contributed by atoms with van der Waals surface area (Å²) in [6.45, 7) is 0.726. The molecule has 0 saturated heterocycles. The molecule has 0 N–H and O–H groups in total. The number of thiazole rings is 1. The Labute approximate surface area is 103 Å². The highest BCUT2D eigenvalue weighted by molar-refractivity contribution is 7.07. The van der Waals surface area contributed by atoms with Crippen LogP contribution in [0.25, 0.3) is 0 Å². The molecule has 0 saturated carbocycles. The molecule has 16 heavy (non-hydrogen) atoms. The molecule has 0 amide bonds. The Balaban J connectivity index is 2.11. The Morgan fingerprint density at radius 3 is 2.94 bits per heavy atom. The lowest BCUT2D eigenvalue weighted by Gasteiger charge is -2.16. The van der Waals surface area contributed by atoms with Crippen LogP contribution in [0, 0.1) is 0 Å². The summed E-state index contributed by atoms with van der Waals surface area (Å²) in [6, 6.07) is 0. The van der Waals surface area contributed by atoms with Crippen molar-refractivity contribution in [2.24, 2.45) is 0 Å². The van der Waals surface area contributed by atoms with Crippen molar-refractivity contribution in [1.29, 1.82) is 0 Å². The predicted molar refractivity (Wildman–Crippen MR) is 65.8 cm³/mol. The molecule has 0 atom stereocenters. The van der Waals surface area contributed by atoms with Crippen LogP contribution in [0.3, 0.4) is 0 Å². The Hall–Kier alpha value is -1.20. The third-order valence-electron chi connectivity index (χ3n) is 2.08. The lowest BCUT2D eigenvalue weighted by Crippen LogP contribution is -2.18. The SMILES string of the molecule is CN(Cc1cscn1)c1cncc(CCl)n1. The van der Waals surface area contributed by atoms with Crippen molar-refractivity contribution >= 4 is 28.8 Å². The second kappa shape index (κ2) is 5.23. The van der Waals surface area contributed by atoms with Gasteiger partial charge < -0.3 is 4.90 Å². The summed E-state index contributed by atoms with van der Waals surface area (Å²) in [5, 5.41) is 2.02. The standard InChI is InChI=1S/C10H11ClN4S/c1-15(5-9-6-16-7-13-9)10-4-12-3-8(2-11)14-10/h3-4,6-7H,2,5H2,1H3. The second-order valence-electron chi connectivity index (χ2n) is 3.34.